The minimum absolute atomic E-state index is 0.0465. The second-order valence-corrected chi connectivity index (χ2v) is 5.09. The van der Waals surface area contributed by atoms with Crippen molar-refractivity contribution in [2.45, 2.75) is 39.3 Å². The minimum atomic E-state index is -0.491. The van der Waals surface area contributed by atoms with E-state index >= 15 is 0 Å². The van der Waals surface area contributed by atoms with Crippen LogP contribution in [0.2, 0.25) is 0 Å². The van der Waals surface area contributed by atoms with Gasteiger partial charge in [0.05, 0.1) is 12.0 Å². The molecule has 1 aromatic rings. The van der Waals surface area contributed by atoms with Crippen molar-refractivity contribution in [3.63, 3.8) is 0 Å². The van der Waals surface area contributed by atoms with Crippen molar-refractivity contribution in [3.05, 3.63) is 39.9 Å². The maximum atomic E-state index is 11.9. The quantitative estimate of drug-likeness (QED) is 0.475. The van der Waals surface area contributed by atoms with Gasteiger partial charge in [0, 0.05) is 17.7 Å². The lowest BCUT2D eigenvalue weighted by atomic mass is 9.97. The smallest absolute Gasteiger partial charge is 0.323 e. The molecule has 0 heterocycles. The summed E-state index contributed by atoms with van der Waals surface area (Å²) in [4.78, 5) is 22.5. The highest BCUT2D eigenvalue weighted by atomic mass is 16.6. The highest BCUT2D eigenvalue weighted by molar-refractivity contribution is 5.76. The van der Waals surface area contributed by atoms with E-state index < -0.39 is 11.0 Å². The number of hydrogen-bond acceptors (Lipinski definition) is 5. The Kier molecular flexibility index (Phi) is 6.30. The van der Waals surface area contributed by atoms with Crippen LogP contribution in [0.25, 0.3) is 0 Å². The number of esters is 1. The zero-order valence-electron chi connectivity index (χ0n) is 12.8. The second kappa shape index (κ2) is 7.73. The van der Waals surface area contributed by atoms with Crippen molar-refractivity contribution in [2.75, 3.05) is 7.11 Å². The van der Waals surface area contributed by atoms with Crippen LogP contribution < -0.4 is 5.32 Å². The van der Waals surface area contributed by atoms with Crippen molar-refractivity contribution in [1.29, 1.82) is 0 Å². The Morgan fingerprint density at radius 1 is 1.38 bits per heavy atom. The predicted octanol–water partition coefficient (Wildman–Crippen LogP) is 2.83. The topological polar surface area (TPSA) is 81.5 Å². The van der Waals surface area contributed by atoms with E-state index in [0.717, 1.165) is 6.42 Å². The number of ether oxygens (including phenoxy) is 1. The van der Waals surface area contributed by atoms with Gasteiger partial charge in [0.15, 0.2) is 0 Å². The summed E-state index contributed by atoms with van der Waals surface area (Å²) < 4.78 is 4.81. The molecule has 0 saturated heterocycles. The molecule has 116 valence electrons. The summed E-state index contributed by atoms with van der Waals surface area (Å²) >= 11 is 0. The average Bonchev–Trinajstić information content (AvgIpc) is 2.50. The number of nitro benzene ring substituents is 1. The Labute approximate surface area is 124 Å². The van der Waals surface area contributed by atoms with Crippen LogP contribution >= 0.6 is 0 Å². The Morgan fingerprint density at radius 2 is 2.00 bits per heavy atom. The Bertz CT molecular complexity index is 504. The fourth-order valence-corrected chi connectivity index (χ4v) is 2.21. The molecule has 0 saturated carbocycles. The standard InChI is InChI=1S/C15H22N2O4/c1-5-10(2)14(15(18)21-4)16-11(3)12-8-6-7-9-13(12)17(19)20/h6-11,14,16H,5H2,1-4H3. The van der Waals surface area contributed by atoms with Crippen LogP contribution in [-0.2, 0) is 9.53 Å². The number of carbonyl (C=O) groups excluding carboxylic acids is 1. The van der Waals surface area contributed by atoms with Crippen molar-refractivity contribution < 1.29 is 14.5 Å². The van der Waals surface area contributed by atoms with Crippen molar-refractivity contribution in [3.8, 4) is 0 Å². The summed E-state index contributed by atoms with van der Waals surface area (Å²) in [6, 6.07) is 5.71. The molecular weight excluding hydrogens is 272 g/mol. The van der Waals surface area contributed by atoms with Gasteiger partial charge in [-0.25, -0.2) is 0 Å². The lowest BCUT2D eigenvalue weighted by molar-refractivity contribution is -0.385. The molecule has 0 amide bonds. The molecule has 0 fully saturated rings. The van der Waals surface area contributed by atoms with Gasteiger partial charge >= 0.3 is 5.97 Å². The highest BCUT2D eigenvalue weighted by Crippen LogP contribution is 2.25. The molecule has 6 nitrogen and oxygen atoms in total. The third-order valence-corrected chi connectivity index (χ3v) is 3.70. The number of benzene rings is 1. The zero-order valence-corrected chi connectivity index (χ0v) is 12.8. The van der Waals surface area contributed by atoms with Crippen LogP contribution in [0.3, 0.4) is 0 Å². The van der Waals surface area contributed by atoms with Gasteiger partial charge < -0.3 is 4.74 Å². The van der Waals surface area contributed by atoms with Crippen LogP contribution in [0.5, 0.6) is 0 Å². The summed E-state index contributed by atoms with van der Waals surface area (Å²) in [5.41, 5.74) is 0.602. The Balaban J connectivity index is 2.99. The van der Waals surface area contributed by atoms with Crippen molar-refractivity contribution in [1.82, 2.24) is 5.32 Å². The molecule has 0 spiro atoms. The predicted molar refractivity (Wildman–Crippen MR) is 79.9 cm³/mol. The number of nitro groups is 1. The van der Waals surface area contributed by atoms with Gasteiger partial charge in [-0.15, -0.1) is 0 Å². The molecule has 3 unspecified atom stereocenters. The van der Waals surface area contributed by atoms with Gasteiger partial charge in [0.25, 0.3) is 5.69 Å². The molecule has 0 aromatic heterocycles. The third-order valence-electron chi connectivity index (χ3n) is 3.70. The first-order valence-electron chi connectivity index (χ1n) is 6.99. The Morgan fingerprint density at radius 3 is 2.52 bits per heavy atom. The largest absolute Gasteiger partial charge is 0.468 e. The van der Waals surface area contributed by atoms with E-state index in [4.69, 9.17) is 4.74 Å². The molecule has 0 aliphatic heterocycles. The van der Waals surface area contributed by atoms with Crippen LogP contribution in [-0.4, -0.2) is 24.0 Å². The number of nitrogens with zero attached hydrogens (tertiary/aromatic N) is 1. The first-order chi connectivity index (χ1) is 9.92. The molecule has 3 atom stereocenters. The molecule has 6 heteroatoms. The number of methoxy groups -OCH3 is 1. The second-order valence-electron chi connectivity index (χ2n) is 5.09. The summed E-state index contributed by atoms with van der Waals surface area (Å²) in [6.45, 7) is 5.74. The monoisotopic (exact) mass is 294 g/mol. The first kappa shape index (κ1) is 17.1. The van der Waals surface area contributed by atoms with Crippen LogP contribution in [0.1, 0.15) is 38.8 Å². The maximum absolute atomic E-state index is 11.9. The SMILES string of the molecule is CCC(C)C(NC(C)c1ccccc1[N+](=O)[O-])C(=O)OC. The molecule has 0 aliphatic rings. The molecule has 0 radical (unpaired) electrons. The molecule has 1 N–H and O–H groups in total. The summed E-state index contributed by atoms with van der Waals surface area (Å²) in [5, 5.41) is 14.2. The zero-order chi connectivity index (χ0) is 16.0. The van der Waals surface area contributed by atoms with E-state index in [-0.39, 0.29) is 23.6 Å². The van der Waals surface area contributed by atoms with Gasteiger partial charge in [0.1, 0.15) is 6.04 Å². The van der Waals surface area contributed by atoms with Crippen LogP contribution in [0.4, 0.5) is 5.69 Å². The molecule has 1 aromatic carbocycles. The maximum Gasteiger partial charge on any atom is 0.323 e. The van der Waals surface area contributed by atoms with Crippen LogP contribution in [0, 0.1) is 16.0 Å². The van der Waals surface area contributed by atoms with Gasteiger partial charge in [-0.3, -0.25) is 20.2 Å². The van der Waals surface area contributed by atoms with E-state index in [1.807, 2.05) is 13.8 Å². The highest BCUT2D eigenvalue weighted by Gasteiger charge is 2.28. The number of nitrogens with one attached hydrogen (secondary N) is 1. The van der Waals surface area contributed by atoms with Gasteiger partial charge in [-0.1, -0.05) is 38.5 Å². The average molecular weight is 294 g/mol. The summed E-state index contributed by atoms with van der Waals surface area (Å²) in [5.74, 6) is -0.280. The number of hydrogen-bond donors (Lipinski definition) is 1. The number of rotatable bonds is 7. The third kappa shape index (κ3) is 4.26. The number of para-hydroxylation sites is 1. The first-order valence-corrected chi connectivity index (χ1v) is 6.99. The van der Waals surface area contributed by atoms with Gasteiger partial charge in [-0.05, 0) is 12.8 Å². The molecule has 0 aliphatic carbocycles. The molecule has 1 rings (SSSR count). The van der Waals surface area contributed by atoms with Gasteiger partial charge in [-0.2, -0.15) is 0 Å². The molecular formula is C15H22N2O4. The van der Waals surface area contributed by atoms with Crippen molar-refractivity contribution >= 4 is 11.7 Å². The van der Waals surface area contributed by atoms with E-state index in [2.05, 4.69) is 5.32 Å². The lowest BCUT2D eigenvalue weighted by Crippen LogP contribution is -2.43. The normalized spacial score (nSPS) is 15.0. The van der Waals surface area contributed by atoms with E-state index in [1.165, 1.54) is 13.2 Å². The minimum Gasteiger partial charge on any atom is -0.468 e. The lowest BCUT2D eigenvalue weighted by Gasteiger charge is -2.25. The molecule has 0 bridgehead atoms. The van der Waals surface area contributed by atoms with Gasteiger partial charge in [0.2, 0.25) is 0 Å². The fourth-order valence-electron chi connectivity index (χ4n) is 2.21. The summed E-state index contributed by atoms with van der Waals surface area (Å²) in [6.07, 6.45) is 0.802. The Hall–Kier alpha value is -1.95. The molecule has 21 heavy (non-hydrogen) atoms. The van der Waals surface area contributed by atoms with Crippen molar-refractivity contribution in [2.24, 2.45) is 5.92 Å². The van der Waals surface area contributed by atoms with E-state index in [9.17, 15) is 14.9 Å². The van der Waals surface area contributed by atoms with Crippen LogP contribution in [0.15, 0.2) is 24.3 Å². The van der Waals surface area contributed by atoms with E-state index in [1.54, 1.807) is 25.1 Å². The summed E-state index contributed by atoms with van der Waals surface area (Å²) in [7, 11) is 1.34. The number of carbonyl (C=O) groups is 1. The van der Waals surface area contributed by atoms with E-state index in [0.29, 0.717) is 5.56 Å². The fraction of sp³-hybridized carbons (Fsp3) is 0.533.